The molecule has 1 aliphatic carbocycles. The number of nitrogens with one attached hydrogen (secondary N) is 1. The molecule has 1 aromatic heterocycles. The van der Waals surface area contributed by atoms with Crippen LogP contribution in [-0.4, -0.2) is 29.0 Å². The van der Waals surface area contributed by atoms with Gasteiger partial charge in [-0.25, -0.2) is 4.98 Å². The third-order valence-corrected chi connectivity index (χ3v) is 3.97. The summed E-state index contributed by atoms with van der Waals surface area (Å²) < 4.78 is 0. The average molecular weight is 245 g/mol. The Balaban J connectivity index is 1.67. The molecular formula is C15H23N3. The first-order chi connectivity index (χ1) is 8.86. The van der Waals surface area contributed by atoms with Gasteiger partial charge in [0.1, 0.15) is 5.82 Å². The summed E-state index contributed by atoms with van der Waals surface area (Å²) in [6.07, 6.45) is 8.53. The van der Waals surface area contributed by atoms with Crippen LogP contribution in [0.15, 0.2) is 18.3 Å². The highest BCUT2D eigenvalue weighted by atomic mass is 15.2. The number of pyridine rings is 1. The first-order valence-corrected chi connectivity index (χ1v) is 7.33. The maximum Gasteiger partial charge on any atom is 0.126 e. The Morgan fingerprint density at radius 3 is 2.89 bits per heavy atom. The average Bonchev–Trinajstić information content (AvgIpc) is 3.08. The molecule has 1 aromatic rings. The van der Waals surface area contributed by atoms with Crippen LogP contribution in [0.25, 0.3) is 0 Å². The summed E-state index contributed by atoms with van der Waals surface area (Å²) >= 11 is 0. The van der Waals surface area contributed by atoms with Crippen molar-refractivity contribution in [1.82, 2.24) is 9.88 Å². The predicted molar refractivity (Wildman–Crippen MR) is 74.7 cm³/mol. The van der Waals surface area contributed by atoms with E-state index >= 15 is 0 Å². The van der Waals surface area contributed by atoms with Crippen molar-refractivity contribution in [2.75, 3.05) is 18.4 Å². The molecule has 1 saturated carbocycles. The minimum absolute atomic E-state index is 0.604. The molecule has 2 fully saturated rings. The second kappa shape index (κ2) is 5.27. The summed E-state index contributed by atoms with van der Waals surface area (Å²) in [6.45, 7) is 4.73. The molecule has 0 unspecified atom stereocenters. The molecule has 18 heavy (non-hydrogen) atoms. The first kappa shape index (κ1) is 12.0. The first-order valence-electron chi connectivity index (χ1n) is 7.33. The second-order valence-corrected chi connectivity index (χ2v) is 5.59. The lowest BCUT2D eigenvalue weighted by Gasteiger charge is -2.24. The number of rotatable bonds is 5. The smallest absolute Gasteiger partial charge is 0.126 e. The maximum atomic E-state index is 4.56. The molecule has 2 heterocycles. The van der Waals surface area contributed by atoms with Crippen LogP contribution in [0.4, 0.5) is 5.82 Å². The molecule has 3 nitrogen and oxygen atoms in total. The summed E-state index contributed by atoms with van der Waals surface area (Å²) in [5.74, 6) is 1.04. The molecule has 0 amide bonds. The molecule has 0 bridgehead atoms. The van der Waals surface area contributed by atoms with E-state index in [2.05, 4.69) is 40.5 Å². The van der Waals surface area contributed by atoms with E-state index in [-0.39, 0.29) is 0 Å². The third-order valence-electron chi connectivity index (χ3n) is 3.97. The molecule has 0 spiro atoms. The van der Waals surface area contributed by atoms with Crippen molar-refractivity contribution in [2.45, 2.75) is 51.1 Å². The lowest BCUT2D eigenvalue weighted by atomic mass is 10.1. The number of nitrogens with zero attached hydrogens (tertiary/aromatic N) is 2. The van der Waals surface area contributed by atoms with Crippen molar-refractivity contribution in [2.24, 2.45) is 0 Å². The van der Waals surface area contributed by atoms with E-state index in [0.29, 0.717) is 12.1 Å². The SMILES string of the molecule is CCCN1CCC[C@@H]1c1ccc(NC2CC2)nc1. The van der Waals surface area contributed by atoms with Crippen LogP contribution in [0.2, 0.25) is 0 Å². The quantitative estimate of drug-likeness (QED) is 0.863. The fourth-order valence-electron chi connectivity index (χ4n) is 2.88. The van der Waals surface area contributed by atoms with Crippen LogP contribution in [-0.2, 0) is 0 Å². The van der Waals surface area contributed by atoms with E-state index in [1.807, 2.05) is 0 Å². The highest BCUT2D eigenvalue weighted by molar-refractivity contribution is 5.38. The van der Waals surface area contributed by atoms with Crippen molar-refractivity contribution < 1.29 is 0 Å². The summed E-state index contributed by atoms with van der Waals surface area (Å²) in [5.41, 5.74) is 1.39. The van der Waals surface area contributed by atoms with Crippen LogP contribution in [0.1, 0.15) is 50.6 Å². The van der Waals surface area contributed by atoms with Crippen LogP contribution in [0.5, 0.6) is 0 Å². The van der Waals surface area contributed by atoms with Crippen molar-refractivity contribution in [3.05, 3.63) is 23.9 Å². The van der Waals surface area contributed by atoms with Gasteiger partial charge in [-0.3, -0.25) is 4.90 Å². The number of aromatic nitrogens is 1. The topological polar surface area (TPSA) is 28.2 Å². The van der Waals surface area contributed by atoms with Crippen molar-refractivity contribution >= 4 is 5.82 Å². The number of anilines is 1. The fourth-order valence-corrected chi connectivity index (χ4v) is 2.88. The van der Waals surface area contributed by atoms with Crippen molar-refractivity contribution in [1.29, 1.82) is 0 Å². The summed E-state index contributed by atoms with van der Waals surface area (Å²) in [4.78, 5) is 7.16. The molecule has 0 radical (unpaired) electrons. The van der Waals surface area contributed by atoms with E-state index in [0.717, 1.165) is 5.82 Å². The van der Waals surface area contributed by atoms with Crippen LogP contribution >= 0.6 is 0 Å². The Labute approximate surface area is 110 Å². The van der Waals surface area contributed by atoms with Crippen LogP contribution < -0.4 is 5.32 Å². The standard InChI is InChI=1S/C15H23N3/c1-2-9-18-10-3-4-14(18)12-5-8-15(16-11-12)17-13-6-7-13/h5,8,11,13-14H,2-4,6-7,9-10H2,1H3,(H,16,17)/t14-/m1/s1. The van der Waals surface area contributed by atoms with E-state index in [1.165, 1.54) is 50.8 Å². The largest absolute Gasteiger partial charge is 0.367 e. The minimum atomic E-state index is 0.604. The van der Waals surface area contributed by atoms with E-state index in [1.54, 1.807) is 0 Å². The van der Waals surface area contributed by atoms with Crippen molar-refractivity contribution in [3.63, 3.8) is 0 Å². The highest BCUT2D eigenvalue weighted by Crippen LogP contribution is 2.32. The lowest BCUT2D eigenvalue weighted by Crippen LogP contribution is -2.24. The molecule has 98 valence electrons. The van der Waals surface area contributed by atoms with Gasteiger partial charge in [0.25, 0.3) is 0 Å². The molecule has 3 rings (SSSR count). The number of likely N-dealkylation sites (tertiary alicyclic amines) is 1. The van der Waals surface area contributed by atoms with Gasteiger partial charge in [-0.05, 0) is 56.8 Å². The number of hydrogen-bond donors (Lipinski definition) is 1. The van der Waals surface area contributed by atoms with Gasteiger partial charge < -0.3 is 5.32 Å². The fraction of sp³-hybridized carbons (Fsp3) is 0.667. The summed E-state index contributed by atoms with van der Waals surface area (Å²) in [7, 11) is 0. The summed E-state index contributed by atoms with van der Waals surface area (Å²) in [5, 5.41) is 3.45. The van der Waals surface area contributed by atoms with Crippen LogP contribution in [0.3, 0.4) is 0 Å². The minimum Gasteiger partial charge on any atom is -0.367 e. The molecule has 1 saturated heterocycles. The normalized spacial score (nSPS) is 24.4. The monoisotopic (exact) mass is 245 g/mol. The van der Waals surface area contributed by atoms with Gasteiger partial charge in [0.15, 0.2) is 0 Å². The highest BCUT2D eigenvalue weighted by Gasteiger charge is 2.25. The van der Waals surface area contributed by atoms with Gasteiger partial charge in [-0.2, -0.15) is 0 Å². The van der Waals surface area contributed by atoms with Gasteiger partial charge in [-0.15, -0.1) is 0 Å². The Hall–Kier alpha value is -1.09. The molecule has 1 aliphatic heterocycles. The van der Waals surface area contributed by atoms with Gasteiger partial charge in [0.05, 0.1) is 0 Å². The third kappa shape index (κ3) is 2.66. The Morgan fingerprint density at radius 2 is 2.22 bits per heavy atom. The molecule has 3 heteroatoms. The van der Waals surface area contributed by atoms with Crippen molar-refractivity contribution in [3.8, 4) is 0 Å². The van der Waals surface area contributed by atoms with Gasteiger partial charge in [0, 0.05) is 18.3 Å². The van der Waals surface area contributed by atoms with Gasteiger partial charge in [-0.1, -0.05) is 13.0 Å². The molecule has 2 aliphatic rings. The zero-order chi connectivity index (χ0) is 12.4. The zero-order valence-electron chi connectivity index (χ0n) is 11.2. The van der Waals surface area contributed by atoms with Gasteiger partial charge >= 0.3 is 0 Å². The Morgan fingerprint density at radius 1 is 1.33 bits per heavy atom. The number of hydrogen-bond acceptors (Lipinski definition) is 3. The Kier molecular flexibility index (Phi) is 3.50. The molecule has 1 N–H and O–H groups in total. The van der Waals surface area contributed by atoms with E-state index in [9.17, 15) is 0 Å². The summed E-state index contributed by atoms with van der Waals surface area (Å²) in [6, 6.07) is 5.70. The predicted octanol–water partition coefficient (Wildman–Crippen LogP) is 3.20. The zero-order valence-corrected chi connectivity index (χ0v) is 11.2. The van der Waals surface area contributed by atoms with E-state index in [4.69, 9.17) is 0 Å². The Bertz CT molecular complexity index is 383. The lowest BCUT2D eigenvalue weighted by molar-refractivity contribution is 0.257. The van der Waals surface area contributed by atoms with E-state index < -0.39 is 0 Å². The van der Waals surface area contributed by atoms with Crippen LogP contribution in [0, 0.1) is 0 Å². The molecule has 0 aromatic carbocycles. The molecular weight excluding hydrogens is 222 g/mol. The molecule has 1 atom stereocenters. The maximum absolute atomic E-state index is 4.56. The second-order valence-electron chi connectivity index (χ2n) is 5.59. The van der Waals surface area contributed by atoms with Gasteiger partial charge in [0.2, 0.25) is 0 Å².